The number of aryl methyl sites for hydroxylation is 1. The molecule has 0 spiro atoms. The first-order valence-corrected chi connectivity index (χ1v) is 9.64. The molecule has 0 amide bonds. The number of alkyl halides is 1. The molecule has 1 N–H and O–H groups in total. The number of aromatic nitrogens is 1. The number of nitrogens with zero attached hydrogens (tertiary/aromatic N) is 3. The van der Waals surface area contributed by atoms with E-state index in [9.17, 15) is 9.18 Å². The van der Waals surface area contributed by atoms with Crippen molar-refractivity contribution < 1.29 is 9.18 Å². The van der Waals surface area contributed by atoms with Crippen LogP contribution in [0.2, 0.25) is 0 Å². The van der Waals surface area contributed by atoms with Crippen LogP contribution in [0.25, 0.3) is 10.2 Å². The molecule has 3 rings (SSSR count). The summed E-state index contributed by atoms with van der Waals surface area (Å²) in [6.45, 7) is 2.32. The number of halogens is 1. The first-order chi connectivity index (χ1) is 13.0. The molecule has 142 valence electrons. The Morgan fingerprint density at radius 1 is 1.48 bits per heavy atom. The third kappa shape index (κ3) is 4.42. The summed E-state index contributed by atoms with van der Waals surface area (Å²) in [6.07, 6.45) is 8.00. The van der Waals surface area contributed by atoms with Crippen molar-refractivity contribution >= 4 is 39.9 Å². The monoisotopic (exact) mass is 386 g/mol. The molecule has 0 bridgehead atoms. The summed E-state index contributed by atoms with van der Waals surface area (Å²) in [4.78, 5) is 24.1. The van der Waals surface area contributed by atoms with Crippen LogP contribution in [0.4, 0.5) is 10.1 Å². The summed E-state index contributed by atoms with van der Waals surface area (Å²) in [7, 11) is 3.95. The molecule has 1 atom stereocenters. The standard InChI is InChI=1S/C20H23FN4OS/c1-13-9-17(25(2)3)19-16(18(11-26)27-20(19)24-13)10-22-12-23-15-6-4-5-14(21)7-8-15/h6-9,11-12,14H,4-5,10H2,1-3H3,(H,22,23). The van der Waals surface area contributed by atoms with Gasteiger partial charge in [-0.2, -0.15) is 0 Å². The van der Waals surface area contributed by atoms with Gasteiger partial charge in [-0.05, 0) is 38.0 Å². The van der Waals surface area contributed by atoms with Crippen LogP contribution in [-0.4, -0.2) is 37.9 Å². The van der Waals surface area contributed by atoms with Crippen molar-refractivity contribution in [3.05, 3.63) is 46.1 Å². The van der Waals surface area contributed by atoms with Crippen LogP contribution in [0.5, 0.6) is 0 Å². The predicted molar refractivity (Wildman–Crippen MR) is 111 cm³/mol. The van der Waals surface area contributed by atoms with E-state index in [1.165, 1.54) is 11.3 Å². The summed E-state index contributed by atoms with van der Waals surface area (Å²) >= 11 is 1.39. The minimum absolute atomic E-state index is 0.370. The summed E-state index contributed by atoms with van der Waals surface area (Å²) in [5, 5.41) is 4.06. The number of hydrogen-bond acceptors (Lipinski definition) is 5. The molecule has 2 aromatic heterocycles. The fraction of sp³-hybridized carbons (Fsp3) is 0.350. The van der Waals surface area contributed by atoms with Crippen molar-refractivity contribution in [2.75, 3.05) is 19.0 Å². The third-order valence-corrected chi connectivity index (χ3v) is 5.40. The molecular formula is C20H23FN4OS. The Morgan fingerprint density at radius 2 is 2.30 bits per heavy atom. The molecule has 0 aromatic carbocycles. The third-order valence-electron chi connectivity index (χ3n) is 4.35. The number of fused-ring (bicyclic) bond motifs is 1. The van der Waals surface area contributed by atoms with Gasteiger partial charge in [-0.15, -0.1) is 11.3 Å². The topological polar surface area (TPSA) is 57.6 Å². The molecule has 1 aliphatic rings. The van der Waals surface area contributed by atoms with Crippen LogP contribution < -0.4 is 10.2 Å². The van der Waals surface area contributed by atoms with Crippen LogP contribution in [0.15, 0.2) is 35.0 Å². The number of nitrogens with one attached hydrogen (secondary N) is 1. The van der Waals surface area contributed by atoms with E-state index in [2.05, 4.69) is 15.3 Å². The summed E-state index contributed by atoms with van der Waals surface area (Å²) in [5.41, 5.74) is 3.66. The molecule has 2 heterocycles. The Hall–Kier alpha value is -2.54. The Morgan fingerprint density at radius 3 is 3.04 bits per heavy atom. The highest BCUT2D eigenvalue weighted by Gasteiger charge is 2.17. The fourth-order valence-electron chi connectivity index (χ4n) is 3.01. The smallest absolute Gasteiger partial charge is 0.160 e. The molecule has 1 aliphatic carbocycles. The number of thiophene rings is 1. The SMILES string of the molecule is Cc1cc(N(C)C)c2c(CN=CNC3=CCCC(F)C=C3)c(C=O)sc2n1. The Bertz CT molecular complexity index is 930. The molecule has 0 radical (unpaired) electrons. The zero-order valence-corrected chi connectivity index (χ0v) is 16.5. The Balaban J connectivity index is 1.85. The maximum atomic E-state index is 13.3. The number of aldehydes is 1. The van der Waals surface area contributed by atoms with Gasteiger partial charge in [0.15, 0.2) is 6.29 Å². The molecule has 1 unspecified atom stereocenters. The zero-order chi connectivity index (χ0) is 19.4. The Kier molecular flexibility index (Phi) is 6.01. The second-order valence-electron chi connectivity index (χ2n) is 6.65. The van der Waals surface area contributed by atoms with Crippen LogP contribution >= 0.6 is 11.3 Å². The van der Waals surface area contributed by atoms with Gasteiger partial charge in [0, 0.05) is 42.1 Å². The van der Waals surface area contributed by atoms with Gasteiger partial charge in [-0.25, -0.2) is 9.37 Å². The number of anilines is 1. The van der Waals surface area contributed by atoms with Crippen LogP contribution in [0.3, 0.4) is 0 Å². The molecule has 0 saturated heterocycles. The van der Waals surface area contributed by atoms with Crippen molar-refractivity contribution in [1.82, 2.24) is 10.3 Å². The zero-order valence-electron chi connectivity index (χ0n) is 15.7. The van der Waals surface area contributed by atoms with E-state index < -0.39 is 6.17 Å². The average molecular weight is 386 g/mol. The lowest BCUT2D eigenvalue weighted by atomic mass is 10.1. The first-order valence-electron chi connectivity index (χ1n) is 8.82. The summed E-state index contributed by atoms with van der Waals surface area (Å²) < 4.78 is 13.3. The van der Waals surface area contributed by atoms with Gasteiger partial charge < -0.3 is 10.2 Å². The van der Waals surface area contributed by atoms with E-state index in [0.29, 0.717) is 24.3 Å². The average Bonchev–Trinajstić information content (AvgIpc) is 2.84. The molecule has 2 aromatic rings. The number of pyridine rings is 1. The van der Waals surface area contributed by atoms with Gasteiger partial charge in [-0.3, -0.25) is 9.79 Å². The van der Waals surface area contributed by atoms with Crippen molar-refractivity contribution in [2.45, 2.75) is 32.5 Å². The number of allylic oxidation sites excluding steroid dienone is 3. The maximum Gasteiger partial charge on any atom is 0.160 e. The second-order valence-corrected chi connectivity index (χ2v) is 7.68. The first kappa shape index (κ1) is 19.2. The van der Waals surface area contributed by atoms with Gasteiger partial charge in [0.05, 0.1) is 17.8 Å². The molecule has 0 saturated carbocycles. The summed E-state index contributed by atoms with van der Waals surface area (Å²) in [6, 6.07) is 2.02. The lowest BCUT2D eigenvalue weighted by Crippen LogP contribution is -2.10. The van der Waals surface area contributed by atoms with Gasteiger partial charge >= 0.3 is 0 Å². The Labute approximate surface area is 162 Å². The minimum Gasteiger partial charge on any atom is -0.377 e. The highest BCUT2D eigenvalue weighted by Crippen LogP contribution is 2.36. The minimum atomic E-state index is -0.898. The maximum absolute atomic E-state index is 13.3. The van der Waals surface area contributed by atoms with E-state index in [1.807, 2.05) is 38.1 Å². The summed E-state index contributed by atoms with van der Waals surface area (Å²) in [5.74, 6) is 0. The number of rotatable bonds is 6. The van der Waals surface area contributed by atoms with Gasteiger partial charge in [0.25, 0.3) is 0 Å². The normalized spacial score (nSPS) is 17.2. The number of carbonyl (C=O) groups is 1. The fourth-order valence-corrected chi connectivity index (χ4v) is 4.08. The highest BCUT2D eigenvalue weighted by atomic mass is 32.1. The van der Waals surface area contributed by atoms with Crippen LogP contribution in [0, 0.1) is 6.92 Å². The van der Waals surface area contributed by atoms with E-state index in [-0.39, 0.29) is 0 Å². The molecular weight excluding hydrogens is 363 g/mol. The number of carbonyl (C=O) groups excluding carboxylic acids is 1. The lowest BCUT2D eigenvalue weighted by Gasteiger charge is -2.15. The lowest BCUT2D eigenvalue weighted by molar-refractivity contribution is 0.112. The second kappa shape index (κ2) is 8.43. The van der Waals surface area contributed by atoms with E-state index >= 15 is 0 Å². The van der Waals surface area contributed by atoms with Crippen LogP contribution in [-0.2, 0) is 6.54 Å². The van der Waals surface area contributed by atoms with E-state index in [1.54, 1.807) is 18.5 Å². The van der Waals surface area contributed by atoms with Crippen molar-refractivity contribution in [3.63, 3.8) is 0 Å². The number of aliphatic imine (C=N–C) groups is 1. The molecule has 0 fully saturated rings. The molecule has 7 heteroatoms. The van der Waals surface area contributed by atoms with E-state index in [0.717, 1.165) is 39.1 Å². The largest absolute Gasteiger partial charge is 0.377 e. The predicted octanol–water partition coefficient (Wildman–Crippen LogP) is 4.17. The van der Waals surface area contributed by atoms with Gasteiger partial charge in [0.1, 0.15) is 11.0 Å². The van der Waals surface area contributed by atoms with Crippen molar-refractivity contribution in [1.29, 1.82) is 0 Å². The number of hydrogen-bond donors (Lipinski definition) is 1. The van der Waals surface area contributed by atoms with Crippen molar-refractivity contribution in [3.8, 4) is 0 Å². The molecule has 5 nitrogen and oxygen atoms in total. The molecule has 27 heavy (non-hydrogen) atoms. The van der Waals surface area contributed by atoms with E-state index in [4.69, 9.17) is 0 Å². The van der Waals surface area contributed by atoms with Gasteiger partial charge in [0.2, 0.25) is 0 Å². The van der Waals surface area contributed by atoms with Crippen LogP contribution in [0.1, 0.15) is 33.8 Å². The van der Waals surface area contributed by atoms with Gasteiger partial charge in [-0.1, -0.05) is 6.08 Å². The highest BCUT2D eigenvalue weighted by molar-refractivity contribution is 7.20. The quantitative estimate of drug-likeness (QED) is 0.460. The van der Waals surface area contributed by atoms with Crippen molar-refractivity contribution in [2.24, 2.45) is 4.99 Å². The molecule has 0 aliphatic heterocycles.